The van der Waals surface area contributed by atoms with E-state index in [-0.39, 0.29) is 11.7 Å². The number of nitrogens with one attached hydrogen (secondary N) is 1. The van der Waals surface area contributed by atoms with Gasteiger partial charge in [-0.2, -0.15) is 13.2 Å². The second-order valence-corrected chi connectivity index (χ2v) is 6.10. The highest BCUT2D eigenvalue weighted by molar-refractivity contribution is 5.66. The molecule has 2 unspecified atom stereocenters. The molecule has 1 heterocycles. The van der Waals surface area contributed by atoms with E-state index in [1.165, 1.54) is 6.42 Å². The number of hydrogen-bond donors (Lipinski definition) is 2. The molecule has 1 saturated carbocycles. The molecule has 1 fully saturated rings. The van der Waals surface area contributed by atoms with Crippen LogP contribution in [-0.2, 0) is 6.18 Å². The summed E-state index contributed by atoms with van der Waals surface area (Å²) < 4.78 is 38.3. The van der Waals surface area contributed by atoms with Gasteiger partial charge in [0.25, 0.3) is 0 Å². The normalized spacial score (nSPS) is 23.3. The zero-order valence-corrected chi connectivity index (χ0v) is 12.4. The van der Waals surface area contributed by atoms with Gasteiger partial charge in [-0.05, 0) is 30.7 Å². The monoisotopic (exact) mass is 301 g/mol. The summed E-state index contributed by atoms with van der Waals surface area (Å²) >= 11 is 0. The average molecular weight is 301 g/mol. The summed E-state index contributed by atoms with van der Waals surface area (Å²) in [6.45, 7) is 4.31. The summed E-state index contributed by atoms with van der Waals surface area (Å²) in [5.41, 5.74) is 5.48. The molecular formula is C15H22F3N3. The van der Waals surface area contributed by atoms with Crippen molar-refractivity contribution in [2.75, 3.05) is 11.1 Å². The molecule has 2 atom stereocenters. The van der Waals surface area contributed by atoms with Crippen LogP contribution >= 0.6 is 0 Å². The molecule has 1 aliphatic rings. The van der Waals surface area contributed by atoms with Crippen LogP contribution in [0, 0.1) is 11.8 Å². The summed E-state index contributed by atoms with van der Waals surface area (Å²) in [7, 11) is 0. The lowest BCUT2D eigenvalue weighted by Gasteiger charge is -2.35. The third-order valence-electron chi connectivity index (χ3n) is 4.24. The molecule has 0 spiro atoms. The van der Waals surface area contributed by atoms with Gasteiger partial charge in [0.1, 0.15) is 5.69 Å². The minimum Gasteiger partial charge on any atom is -0.396 e. The van der Waals surface area contributed by atoms with Crippen LogP contribution in [0.2, 0.25) is 0 Å². The van der Waals surface area contributed by atoms with Crippen molar-refractivity contribution < 1.29 is 13.2 Å². The molecular weight excluding hydrogens is 279 g/mol. The van der Waals surface area contributed by atoms with E-state index in [1.54, 1.807) is 0 Å². The van der Waals surface area contributed by atoms with Gasteiger partial charge in [0, 0.05) is 6.04 Å². The van der Waals surface area contributed by atoms with Gasteiger partial charge < -0.3 is 11.1 Å². The fraction of sp³-hybridized carbons (Fsp3) is 0.667. The maximum absolute atomic E-state index is 12.8. The van der Waals surface area contributed by atoms with Crippen molar-refractivity contribution in [1.29, 1.82) is 0 Å². The van der Waals surface area contributed by atoms with Gasteiger partial charge >= 0.3 is 6.18 Å². The van der Waals surface area contributed by atoms with Crippen molar-refractivity contribution in [3.8, 4) is 0 Å². The minimum atomic E-state index is -4.45. The van der Waals surface area contributed by atoms with Crippen LogP contribution < -0.4 is 11.1 Å². The highest BCUT2D eigenvalue weighted by Crippen LogP contribution is 2.35. The van der Waals surface area contributed by atoms with Crippen molar-refractivity contribution in [2.45, 2.75) is 51.7 Å². The molecule has 2 rings (SSSR count). The molecule has 6 heteroatoms. The standard InChI is InChI=1S/C15H22F3N3/c1-9(2)10-5-3-4-6-12(10)21-13-7-14(15(16,17)18)20-8-11(13)19/h7-10,12H,3-6,19H2,1-2H3,(H,20,21). The van der Waals surface area contributed by atoms with Crippen molar-refractivity contribution in [3.63, 3.8) is 0 Å². The summed E-state index contributed by atoms with van der Waals surface area (Å²) in [5.74, 6) is 0.952. The van der Waals surface area contributed by atoms with Gasteiger partial charge in [0.15, 0.2) is 0 Å². The van der Waals surface area contributed by atoms with E-state index in [1.807, 2.05) is 0 Å². The Balaban J connectivity index is 2.21. The van der Waals surface area contributed by atoms with Gasteiger partial charge in [-0.25, -0.2) is 4.98 Å². The lowest BCUT2D eigenvalue weighted by Crippen LogP contribution is -2.35. The van der Waals surface area contributed by atoms with E-state index in [9.17, 15) is 13.2 Å². The highest BCUT2D eigenvalue weighted by Gasteiger charge is 2.34. The fourth-order valence-electron chi connectivity index (χ4n) is 3.08. The number of anilines is 2. The predicted octanol–water partition coefficient (Wildman–Crippen LogP) is 4.31. The number of aromatic nitrogens is 1. The number of alkyl halides is 3. The van der Waals surface area contributed by atoms with Crippen LogP contribution in [0.15, 0.2) is 12.3 Å². The molecule has 1 aromatic heterocycles. The number of rotatable bonds is 3. The van der Waals surface area contributed by atoms with E-state index in [4.69, 9.17) is 5.73 Å². The van der Waals surface area contributed by atoms with Crippen molar-refractivity contribution in [1.82, 2.24) is 4.98 Å². The Morgan fingerprint density at radius 2 is 1.95 bits per heavy atom. The van der Waals surface area contributed by atoms with Gasteiger partial charge in [-0.3, -0.25) is 0 Å². The first-order valence-corrected chi connectivity index (χ1v) is 7.38. The van der Waals surface area contributed by atoms with E-state index < -0.39 is 11.9 Å². The number of nitrogen functional groups attached to an aromatic ring is 1. The van der Waals surface area contributed by atoms with Crippen molar-refractivity contribution in [2.24, 2.45) is 11.8 Å². The Kier molecular flexibility index (Phi) is 4.64. The largest absolute Gasteiger partial charge is 0.433 e. The number of pyridine rings is 1. The topological polar surface area (TPSA) is 50.9 Å². The van der Waals surface area contributed by atoms with Gasteiger partial charge in [-0.1, -0.05) is 26.7 Å². The second kappa shape index (κ2) is 6.12. The Morgan fingerprint density at radius 1 is 1.29 bits per heavy atom. The number of nitrogens with zero attached hydrogens (tertiary/aromatic N) is 1. The molecule has 3 N–H and O–H groups in total. The van der Waals surface area contributed by atoms with Crippen LogP contribution in [0.4, 0.5) is 24.5 Å². The number of nitrogens with two attached hydrogens (primary N) is 1. The molecule has 3 nitrogen and oxygen atoms in total. The van der Waals surface area contributed by atoms with Gasteiger partial charge in [-0.15, -0.1) is 0 Å². The summed E-state index contributed by atoms with van der Waals surface area (Å²) in [6, 6.07) is 1.19. The van der Waals surface area contributed by atoms with Crippen molar-refractivity contribution in [3.05, 3.63) is 18.0 Å². The second-order valence-electron chi connectivity index (χ2n) is 6.10. The molecule has 0 aromatic carbocycles. The number of hydrogen-bond acceptors (Lipinski definition) is 3. The summed E-state index contributed by atoms with van der Waals surface area (Å²) in [4.78, 5) is 3.37. The fourth-order valence-corrected chi connectivity index (χ4v) is 3.08. The first-order chi connectivity index (χ1) is 9.79. The molecule has 21 heavy (non-hydrogen) atoms. The van der Waals surface area contributed by atoms with Crippen molar-refractivity contribution >= 4 is 11.4 Å². The molecule has 1 aliphatic carbocycles. The Labute approximate surface area is 123 Å². The van der Waals surface area contributed by atoms with Gasteiger partial charge in [0.05, 0.1) is 17.6 Å². The zero-order chi connectivity index (χ0) is 15.6. The molecule has 0 saturated heterocycles. The first-order valence-electron chi connectivity index (χ1n) is 7.38. The third kappa shape index (κ3) is 3.80. The molecule has 1 aromatic rings. The highest BCUT2D eigenvalue weighted by atomic mass is 19.4. The maximum Gasteiger partial charge on any atom is 0.433 e. The predicted molar refractivity (Wildman–Crippen MR) is 77.9 cm³/mol. The van der Waals surface area contributed by atoms with Gasteiger partial charge in [0.2, 0.25) is 0 Å². The summed E-state index contributed by atoms with van der Waals surface area (Å²) in [5, 5.41) is 3.23. The average Bonchev–Trinajstić information content (AvgIpc) is 2.40. The lowest BCUT2D eigenvalue weighted by atomic mass is 9.78. The van der Waals surface area contributed by atoms with Crippen LogP contribution in [0.5, 0.6) is 0 Å². The lowest BCUT2D eigenvalue weighted by molar-refractivity contribution is -0.141. The van der Waals surface area contributed by atoms with E-state index in [0.29, 0.717) is 17.5 Å². The van der Waals surface area contributed by atoms with Crippen LogP contribution in [-0.4, -0.2) is 11.0 Å². The molecule has 0 aliphatic heterocycles. The molecule has 118 valence electrons. The minimum absolute atomic E-state index is 0.171. The Bertz CT molecular complexity index is 486. The molecule has 0 radical (unpaired) electrons. The smallest absolute Gasteiger partial charge is 0.396 e. The Hall–Kier alpha value is -1.46. The Morgan fingerprint density at radius 3 is 2.57 bits per heavy atom. The summed E-state index contributed by atoms with van der Waals surface area (Å²) in [6.07, 6.45) is 0.976. The molecule has 0 amide bonds. The third-order valence-corrected chi connectivity index (χ3v) is 4.24. The SMILES string of the molecule is CC(C)C1CCCCC1Nc1cc(C(F)(F)F)ncc1N. The van der Waals surface area contributed by atoms with E-state index >= 15 is 0 Å². The number of halogens is 3. The van der Waals surface area contributed by atoms with Crippen LogP contribution in [0.3, 0.4) is 0 Å². The molecule has 0 bridgehead atoms. The quantitative estimate of drug-likeness (QED) is 0.874. The van der Waals surface area contributed by atoms with E-state index in [2.05, 4.69) is 24.1 Å². The van der Waals surface area contributed by atoms with Crippen LogP contribution in [0.25, 0.3) is 0 Å². The first kappa shape index (κ1) is 15.9. The maximum atomic E-state index is 12.8. The zero-order valence-electron chi connectivity index (χ0n) is 12.4. The van der Waals surface area contributed by atoms with E-state index in [0.717, 1.165) is 31.5 Å². The van der Waals surface area contributed by atoms with Crippen LogP contribution in [0.1, 0.15) is 45.2 Å².